The van der Waals surface area contributed by atoms with Gasteiger partial charge in [0.25, 0.3) is 10.0 Å². The molecular weight excluding hydrogens is 629 g/mol. The summed E-state index contributed by atoms with van der Waals surface area (Å²) in [5.41, 5.74) is 2.31. The first-order chi connectivity index (χ1) is 21.5. The molecule has 0 fully saturated rings. The Hall–Kier alpha value is -3.85. The second-order valence-electron chi connectivity index (χ2n) is 11.2. The van der Waals surface area contributed by atoms with Gasteiger partial charge in [-0.25, -0.2) is 8.42 Å². The predicted molar refractivity (Wildman–Crippen MR) is 181 cm³/mol. The monoisotopic (exact) mass is 665 g/mol. The molecule has 0 bridgehead atoms. The highest BCUT2D eigenvalue weighted by Gasteiger charge is 2.35. The Morgan fingerprint density at radius 2 is 1.38 bits per heavy atom. The number of rotatable bonds is 13. The lowest BCUT2D eigenvalue weighted by Gasteiger charge is -2.34. The molecule has 4 aromatic rings. The maximum Gasteiger partial charge on any atom is 0.264 e. The third-order valence-corrected chi connectivity index (χ3v) is 9.82. The molecule has 0 radical (unpaired) electrons. The van der Waals surface area contributed by atoms with Crippen molar-refractivity contribution in [2.45, 2.75) is 44.7 Å². The van der Waals surface area contributed by atoms with E-state index < -0.39 is 28.5 Å². The lowest BCUT2D eigenvalue weighted by molar-refractivity contribution is -0.140. The van der Waals surface area contributed by atoms with Crippen LogP contribution in [-0.2, 0) is 32.6 Å². The zero-order chi connectivity index (χ0) is 32.6. The highest BCUT2D eigenvalue weighted by molar-refractivity contribution is 7.92. The van der Waals surface area contributed by atoms with E-state index in [1.165, 1.54) is 17.0 Å². The standard InChI is InChI=1S/C35H37Cl2N3O4S/c1-25(2)22-38-35(42)33(21-27-14-6-4-7-15-27)39(23-29-30(36)18-12-19-31(29)37)34(41)24-40(32-20-11-10-13-26(32)3)45(43,44)28-16-8-5-9-17-28/h4-20,25,33H,21-24H2,1-3H3,(H,38,42)/t33-/m1/s1. The van der Waals surface area contributed by atoms with Crippen molar-refractivity contribution in [3.05, 3.63) is 130 Å². The number of benzene rings is 4. The van der Waals surface area contributed by atoms with Crippen LogP contribution in [0.1, 0.15) is 30.5 Å². The largest absolute Gasteiger partial charge is 0.354 e. The van der Waals surface area contributed by atoms with E-state index in [0.717, 1.165) is 9.87 Å². The van der Waals surface area contributed by atoms with Crippen molar-refractivity contribution in [2.24, 2.45) is 5.92 Å². The molecule has 7 nitrogen and oxygen atoms in total. The Morgan fingerprint density at radius 3 is 1.98 bits per heavy atom. The van der Waals surface area contributed by atoms with Crippen molar-refractivity contribution in [3.8, 4) is 0 Å². The van der Waals surface area contributed by atoms with Gasteiger partial charge in [0, 0.05) is 35.1 Å². The molecule has 0 unspecified atom stereocenters. The number of hydrogen-bond acceptors (Lipinski definition) is 4. The van der Waals surface area contributed by atoms with Crippen LogP contribution in [0.3, 0.4) is 0 Å². The van der Waals surface area contributed by atoms with Crippen molar-refractivity contribution in [2.75, 3.05) is 17.4 Å². The number of anilines is 1. The third kappa shape index (κ3) is 8.66. The zero-order valence-electron chi connectivity index (χ0n) is 25.5. The summed E-state index contributed by atoms with van der Waals surface area (Å²) >= 11 is 13.1. The van der Waals surface area contributed by atoms with Crippen LogP contribution in [0, 0.1) is 12.8 Å². The van der Waals surface area contributed by atoms with Crippen LogP contribution in [-0.4, -0.2) is 44.3 Å². The molecular formula is C35H37Cl2N3O4S. The summed E-state index contributed by atoms with van der Waals surface area (Å²) < 4.78 is 29.3. The van der Waals surface area contributed by atoms with Crippen molar-refractivity contribution < 1.29 is 18.0 Å². The number of carbonyl (C=O) groups excluding carboxylic acids is 2. The van der Waals surface area contributed by atoms with Gasteiger partial charge in [-0.1, -0.05) is 110 Å². The summed E-state index contributed by atoms with van der Waals surface area (Å²) in [6.45, 7) is 5.47. The number of sulfonamides is 1. The highest BCUT2D eigenvalue weighted by Crippen LogP contribution is 2.30. The maximum absolute atomic E-state index is 14.6. The van der Waals surface area contributed by atoms with E-state index in [1.54, 1.807) is 67.6 Å². The van der Waals surface area contributed by atoms with E-state index in [9.17, 15) is 18.0 Å². The van der Waals surface area contributed by atoms with Gasteiger partial charge in [0.15, 0.2) is 0 Å². The lowest BCUT2D eigenvalue weighted by Crippen LogP contribution is -2.54. The Kier molecular flexibility index (Phi) is 11.7. The summed E-state index contributed by atoms with van der Waals surface area (Å²) in [5.74, 6) is -0.784. The highest BCUT2D eigenvalue weighted by atomic mass is 35.5. The minimum absolute atomic E-state index is 0.0391. The van der Waals surface area contributed by atoms with Gasteiger partial charge in [-0.15, -0.1) is 0 Å². The first-order valence-corrected chi connectivity index (χ1v) is 16.9. The molecule has 0 aliphatic heterocycles. The predicted octanol–water partition coefficient (Wildman–Crippen LogP) is 6.91. The fourth-order valence-electron chi connectivity index (χ4n) is 4.91. The van der Waals surface area contributed by atoms with Crippen LogP contribution in [0.2, 0.25) is 10.0 Å². The van der Waals surface area contributed by atoms with Gasteiger partial charge in [0.05, 0.1) is 10.6 Å². The first-order valence-electron chi connectivity index (χ1n) is 14.7. The molecule has 0 aliphatic carbocycles. The maximum atomic E-state index is 14.6. The summed E-state index contributed by atoms with van der Waals surface area (Å²) in [6, 6.07) is 28.3. The summed E-state index contributed by atoms with van der Waals surface area (Å²) in [5, 5.41) is 3.63. The second kappa shape index (κ2) is 15.4. The van der Waals surface area contributed by atoms with Gasteiger partial charge in [0.1, 0.15) is 12.6 Å². The van der Waals surface area contributed by atoms with Crippen LogP contribution in [0.4, 0.5) is 5.69 Å². The van der Waals surface area contributed by atoms with Gasteiger partial charge in [-0.05, 0) is 54.3 Å². The number of hydrogen-bond donors (Lipinski definition) is 1. The van der Waals surface area contributed by atoms with Crippen molar-refractivity contribution >= 4 is 50.7 Å². The van der Waals surface area contributed by atoms with Gasteiger partial charge in [0.2, 0.25) is 11.8 Å². The average Bonchev–Trinajstić information content (AvgIpc) is 3.02. The van der Waals surface area contributed by atoms with Crippen LogP contribution in [0.25, 0.3) is 0 Å². The Labute approximate surface area is 275 Å². The second-order valence-corrected chi connectivity index (χ2v) is 13.9. The molecule has 0 saturated heterocycles. The summed E-state index contributed by atoms with van der Waals surface area (Å²) in [4.78, 5) is 29.9. The first kappa shape index (κ1) is 34.0. The van der Waals surface area contributed by atoms with Crippen LogP contribution in [0.15, 0.2) is 108 Å². The fourth-order valence-corrected chi connectivity index (χ4v) is 6.92. The average molecular weight is 667 g/mol. The molecule has 0 saturated carbocycles. The number of halogens is 2. The lowest BCUT2D eigenvalue weighted by atomic mass is 10.0. The van der Waals surface area contributed by atoms with Gasteiger partial charge < -0.3 is 10.2 Å². The number of carbonyl (C=O) groups is 2. The number of nitrogens with one attached hydrogen (secondary N) is 1. The van der Waals surface area contributed by atoms with Gasteiger partial charge in [-0.3, -0.25) is 13.9 Å². The van der Waals surface area contributed by atoms with E-state index in [2.05, 4.69) is 5.32 Å². The Balaban J connectivity index is 1.84. The molecule has 1 atom stereocenters. The minimum atomic E-state index is -4.19. The molecule has 0 aliphatic rings. The molecule has 1 N–H and O–H groups in total. The fraction of sp³-hybridized carbons (Fsp3) is 0.257. The molecule has 0 heterocycles. The number of para-hydroxylation sites is 1. The number of amides is 2. The molecule has 4 aromatic carbocycles. The molecule has 4 rings (SSSR count). The quantitative estimate of drug-likeness (QED) is 0.168. The minimum Gasteiger partial charge on any atom is -0.354 e. The van der Waals surface area contributed by atoms with E-state index in [1.807, 2.05) is 44.2 Å². The number of nitrogens with zero attached hydrogens (tertiary/aromatic N) is 2. The SMILES string of the molecule is Cc1ccccc1N(CC(=O)N(Cc1c(Cl)cccc1Cl)[C@H](Cc1ccccc1)C(=O)NCC(C)C)S(=O)(=O)c1ccccc1. The normalized spacial score (nSPS) is 12.0. The zero-order valence-corrected chi connectivity index (χ0v) is 27.8. The Bertz CT molecular complexity index is 1700. The van der Waals surface area contributed by atoms with Crippen LogP contribution < -0.4 is 9.62 Å². The summed E-state index contributed by atoms with van der Waals surface area (Å²) in [7, 11) is -4.19. The Morgan fingerprint density at radius 1 is 0.800 bits per heavy atom. The van der Waals surface area contributed by atoms with Crippen molar-refractivity contribution in [3.63, 3.8) is 0 Å². The van der Waals surface area contributed by atoms with E-state index in [-0.39, 0.29) is 29.7 Å². The molecule has 45 heavy (non-hydrogen) atoms. The van der Waals surface area contributed by atoms with Crippen LogP contribution >= 0.6 is 23.2 Å². The van der Waals surface area contributed by atoms with Gasteiger partial charge in [-0.2, -0.15) is 0 Å². The smallest absolute Gasteiger partial charge is 0.264 e. The molecule has 0 spiro atoms. The topological polar surface area (TPSA) is 86.8 Å². The molecule has 2 amide bonds. The van der Waals surface area contributed by atoms with Crippen LogP contribution in [0.5, 0.6) is 0 Å². The van der Waals surface area contributed by atoms with E-state index >= 15 is 0 Å². The van der Waals surface area contributed by atoms with E-state index in [4.69, 9.17) is 23.2 Å². The molecule has 0 aromatic heterocycles. The molecule has 10 heteroatoms. The van der Waals surface area contributed by atoms with Crippen molar-refractivity contribution in [1.29, 1.82) is 0 Å². The van der Waals surface area contributed by atoms with Gasteiger partial charge >= 0.3 is 0 Å². The van der Waals surface area contributed by atoms with E-state index in [0.29, 0.717) is 33.4 Å². The third-order valence-electron chi connectivity index (χ3n) is 7.34. The summed E-state index contributed by atoms with van der Waals surface area (Å²) in [6.07, 6.45) is 0.189. The number of aryl methyl sites for hydroxylation is 1. The molecule has 236 valence electrons. The van der Waals surface area contributed by atoms with Crippen molar-refractivity contribution in [1.82, 2.24) is 10.2 Å².